The van der Waals surface area contributed by atoms with Crippen LogP contribution in [0.15, 0.2) is 10.8 Å². The van der Waals surface area contributed by atoms with Crippen molar-refractivity contribution in [3.63, 3.8) is 0 Å². The Bertz CT molecular complexity index is 1060. The van der Waals surface area contributed by atoms with E-state index in [1.54, 1.807) is 7.41 Å². The molecule has 2 unspecified atom stereocenters. The summed E-state index contributed by atoms with van der Waals surface area (Å²) in [5.41, 5.74) is 1.87. The molecule has 12 heteroatoms. The normalized spacial score (nSPS) is 12.7. The molecule has 0 aliphatic heterocycles. The molecule has 40 heavy (non-hydrogen) atoms. The first-order valence-electron chi connectivity index (χ1n) is 14.0. The van der Waals surface area contributed by atoms with Gasteiger partial charge in [0.2, 0.25) is 0 Å². The molecule has 0 saturated carbocycles. The van der Waals surface area contributed by atoms with E-state index in [1.165, 1.54) is 30.1 Å². The van der Waals surface area contributed by atoms with Gasteiger partial charge in [-0.3, -0.25) is 9.59 Å². The van der Waals surface area contributed by atoms with Crippen LogP contribution in [0.2, 0.25) is 0 Å². The Kier molecular flexibility index (Phi) is 17.3. The number of carbonyl (C=O) groups is 4. The van der Waals surface area contributed by atoms with Crippen molar-refractivity contribution in [1.29, 1.82) is 0 Å². The van der Waals surface area contributed by atoms with Crippen LogP contribution < -0.4 is 0 Å². The molecule has 0 N–H and O–H groups in total. The monoisotopic (exact) mass is 586 g/mol. The standard InChI is InChI=1S/2C14H22BN2O2S/c1-5-6-11-8-20-14(16-11)13(19)7-12(10(2)3)17(4)15-9-18;1-5-6-17(15-9-18)12(10(2)3)7-13(19)14-16-11(4)8-20-14/h2*8-10,12H,5-7H2,1-4H3. The molecule has 2 radical (unpaired) electrons. The number of hydrogen-bond donors (Lipinski definition) is 0. The summed E-state index contributed by atoms with van der Waals surface area (Å²) >= 11 is 2.81. The number of aryl methyl sites for hydroxylation is 2. The number of hydrogen-bond acceptors (Lipinski definition) is 10. The third-order valence-corrected chi connectivity index (χ3v) is 8.39. The van der Waals surface area contributed by atoms with Crippen molar-refractivity contribution < 1.29 is 19.2 Å². The van der Waals surface area contributed by atoms with Gasteiger partial charge in [-0.1, -0.05) is 48.0 Å². The predicted molar refractivity (Wildman–Crippen MR) is 168 cm³/mol. The maximum Gasteiger partial charge on any atom is 0.293 e. The number of rotatable bonds is 18. The molecule has 0 aromatic carbocycles. The Morgan fingerprint density at radius 3 is 1.90 bits per heavy atom. The highest BCUT2D eigenvalue weighted by molar-refractivity contribution is 7.12. The quantitative estimate of drug-likeness (QED) is 0.137. The van der Waals surface area contributed by atoms with E-state index in [0.717, 1.165) is 49.6 Å². The van der Waals surface area contributed by atoms with Crippen LogP contribution in [-0.2, 0) is 16.0 Å². The van der Waals surface area contributed by atoms with Gasteiger partial charge in [0, 0.05) is 41.4 Å². The van der Waals surface area contributed by atoms with Crippen LogP contribution in [0.3, 0.4) is 0 Å². The number of thiazole rings is 2. The summed E-state index contributed by atoms with van der Waals surface area (Å²) in [6, 6.07) is 0.0584. The molecule has 0 aliphatic rings. The molecule has 8 nitrogen and oxygen atoms in total. The average Bonchev–Trinajstić information content (AvgIpc) is 3.55. The lowest BCUT2D eigenvalue weighted by atomic mass is 9.85. The molecule has 0 aliphatic carbocycles. The summed E-state index contributed by atoms with van der Waals surface area (Å²) in [4.78, 5) is 58.4. The Morgan fingerprint density at radius 1 is 0.875 bits per heavy atom. The first-order valence-corrected chi connectivity index (χ1v) is 15.7. The SMILES string of the molecule is CCCN([B]C=O)C(CC(=O)c1nc(C)cs1)C(C)C.CCCc1csc(C(=O)CC(C(C)C)N(C)[B]C=O)n1. The molecule has 2 rings (SSSR count). The molecule has 0 saturated heterocycles. The van der Waals surface area contributed by atoms with Crippen molar-refractivity contribution in [3.05, 3.63) is 32.2 Å². The lowest BCUT2D eigenvalue weighted by Crippen LogP contribution is -2.44. The minimum atomic E-state index is 0.0197. The molecule has 0 amide bonds. The fourth-order valence-electron chi connectivity index (χ4n) is 4.32. The molecule has 218 valence electrons. The number of nitrogens with zero attached hydrogens (tertiary/aromatic N) is 4. The highest BCUT2D eigenvalue weighted by Crippen LogP contribution is 2.20. The largest absolute Gasteiger partial charge is 0.339 e. The second-order valence-electron chi connectivity index (χ2n) is 10.5. The van der Waals surface area contributed by atoms with E-state index in [-0.39, 0.29) is 29.6 Å². The van der Waals surface area contributed by atoms with E-state index in [9.17, 15) is 19.2 Å². The summed E-state index contributed by atoms with van der Waals surface area (Å²) in [5.74, 6) is 0.697. The Labute approximate surface area is 249 Å². The van der Waals surface area contributed by atoms with Gasteiger partial charge in [0.15, 0.2) is 21.6 Å². The van der Waals surface area contributed by atoms with Crippen molar-refractivity contribution in [2.24, 2.45) is 11.8 Å². The first kappa shape index (κ1) is 36.0. The van der Waals surface area contributed by atoms with E-state index in [4.69, 9.17) is 0 Å². The fourth-order valence-corrected chi connectivity index (χ4v) is 5.87. The van der Waals surface area contributed by atoms with E-state index in [1.807, 2.05) is 34.4 Å². The molecule has 0 fully saturated rings. The summed E-state index contributed by atoms with van der Waals surface area (Å²) in [6.07, 6.45) is 5.22. The molecular weight excluding hydrogens is 542 g/mol. The second-order valence-corrected chi connectivity index (χ2v) is 12.3. The third kappa shape index (κ3) is 12.2. The van der Waals surface area contributed by atoms with Gasteiger partial charge in [-0.05, 0) is 45.2 Å². The van der Waals surface area contributed by atoms with Gasteiger partial charge in [0.1, 0.15) is 0 Å². The molecule has 2 heterocycles. The van der Waals surface area contributed by atoms with Crippen molar-refractivity contribution in [1.82, 2.24) is 19.6 Å². The minimum Gasteiger partial charge on any atom is -0.339 e. The zero-order chi connectivity index (χ0) is 30.2. The summed E-state index contributed by atoms with van der Waals surface area (Å²) in [5, 5.41) is 5.00. The summed E-state index contributed by atoms with van der Waals surface area (Å²) < 4.78 is 0. The highest BCUT2D eigenvalue weighted by atomic mass is 32.1. The lowest BCUT2D eigenvalue weighted by molar-refractivity contribution is 0.0929. The van der Waals surface area contributed by atoms with Gasteiger partial charge in [0.05, 0.1) is 18.1 Å². The zero-order valence-electron chi connectivity index (χ0n) is 25.3. The maximum absolute atomic E-state index is 12.3. The summed E-state index contributed by atoms with van der Waals surface area (Å²) in [6.45, 7) is 15.1. The lowest BCUT2D eigenvalue weighted by Gasteiger charge is -2.32. The van der Waals surface area contributed by atoms with Crippen LogP contribution >= 0.6 is 22.7 Å². The predicted octanol–water partition coefficient (Wildman–Crippen LogP) is 5.00. The maximum atomic E-state index is 12.3. The van der Waals surface area contributed by atoms with Crippen LogP contribution in [0.4, 0.5) is 0 Å². The van der Waals surface area contributed by atoms with Crippen molar-refractivity contribution in [2.75, 3.05) is 13.6 Å². The average molecular weight is 586 g/mol. The van der Waals surface area contributed by atoms with E-state index >= 15 is 0 Å². The van der Waals surface area contributed by atoms with Gasteiger partial charge in [-0.15, -0.1) is 22.7 Å². The molecule has 2 aromatic heterocycles. The number of carbonyl (C=O) groups excluding carboxylic acids is 4. The number of aromatic nitrogens is 2. The molecule has 2 atom stereocenters. The van der Waals surface area contributed by atoms with Crippen LogP contribution in [-0.4, -0.2) is 84.0 Å². The van der Waals surface area contributed by atoms with Crippen molar-refractivity contribution in [2.45, 2.75) is 92.7 Å². The Balaban J connectivity index is 0.000000400. The molecule has 0 bridgehead atoms. The second kappa shape index (κ2) is 19.2. The minimum absolute atomic E-state index is 0.0197. The van der Waals surface area contributed by atoms with Gasteiger partial charge in [-0.25, -0.2) is 9.97 Å². The van der Waals surface area contributed by atoms with Crippen molar-refractivity contribution in [3.8, 4) is 0 Å². The van der Waals surface area contributed by atoms with Crippen LogP contribution in [0.25, 0.3) is 0 Å². The van der Waals surface area contributed by atoms with Crippen LogP contribution in [0.5, 0.6) is 0 Å². The fraction of sp³-hybridized carbons (Fsp3) is 0.643. The Morgan fingerprint density at radius 2 is 1.43 bits per heavy atom. The van der Waals surface area contributed by atoms with E-state index < -0.39 is 0 Å². The van der Waals surface area contributed by atoms with E-state index in [2.05, 4.69) is 51.5 Å². The summed E-state index contributed by atoms with van der Waals surface area (Å²) in [7, 11) is 4.85. The third-order valence-electron chi connectivity index (χ3n) is 6.46. The number of ketones is 2. The van der Waals surface area contributed by atoms with Gasteiger partial charge >= 0.3 is 0 Å². The smallest absolute Gasteiger partial charge is 0.293 e. The molecular formula is C28H44B2N4O4S2. The first-order chi connectivity index (χ1) is 19.0. The highest BCUT2D eigenvalue weighted by Gasteiger charge is 2.26. The number of Topliss-reactive ketones (excluding diaryl/α,β-unsaturated/α-hetero) is 2. The topological polar surface area (TPSA) is 101 Å². The molecule has 0 spiro atoms. The zero-order valence-corrected chi connectivity index (χ0v) is 26.9. The molecule has 2 aromatic rings. The van der Waals surface area contributed by atoms with Gasteiger partial charge < -0.3 is 19.2 Å². The van der Waals surface area contributed by atoms with Crippen LogP contribution in [0, 0.1) is 18.8 Å². The van der Waals surface area contributed by atoms with Gasteiger partial charge in [0.25, 0.3) is 14.8 Å². The van der Waals surface area contributed by atoms with E-state index in [0.29, 0.717) is 28.8 Å². The van der Waals surface area contributed by atoms with Gasteiger partial charge in [-0.2, -0.15) is 0 Å². The van der Waals surface area contributed by atoms with Crippen LogP contribution in [0.1, 0.15) is 98.2 Å². The Hall–Kier alpha value is -2.01. The van der Waals surface area contributed by atoms with Crippen molar-refractivity contribution >= 4 is 61.4 Å².